The van der Waals surface area contributed by atoms with Crippen LogP contribution in [0.1, 0.15) is 91.4 Å². The first-order valence-corrected chi connectivity index (χ1v) is 8.32. The van der Waals surface area contributed by atoms with Gasteiger partial charge in [0.05, 0.1) is 6.61 Å². The van der Waals surface area contributed by atoms with Gasteiger partial charge in [0.1, 0.15) is 0 Å². The second kappa shape index (κ2) is 13.9. The molecule has 0 aliphatic rings. The highest BCUT2D eigenvalue weighted by atomic mass is 16.5. The van der Waals surface area contributed by atoms with Gasteiger partial charge in [0.15, 0.2) is 0 Å². The molecular formula is C17H34O2. The number of esters is 1. The van der Waals surface area contributed by atoms with Gasteiger partial charge in [-0.1, -0.05) is 72.1 Å². The molecule has 0 rings (SSSR count). The van der Waals surface area contributed by atoms with Gasteiger partial charge in [0.25, 0.3) is 0 Å². The highest BCUT2D eigenvalue weighted by Gasteiger charge is 2.01. The van der Waals surface area contributed by atoms with E-state index in [1.165, 1.54) is 38.5 Å². The topological polar surface area (TPSA) is 26.3 Å². The van der Waals surface area contributed by atoms with Gasteiger partial charge >= 0.3 is 5.97 Å². The monoisotopic (exact) mass is 270 g/mol. The molecule has 0 aromatic carbocycles. The van der Waals surface area contributed by atoms with Gasteiger partial charge in [-0.15, -0.1) is 0 Å². The summed E-state index contributed by atoms with van der Waals surface area (Å²) in [4.78, 5) is 11.3. The summed E-state index contributed by atoms with van der Waals surface area (Å²) in [6, 6.07) is 0. The molecule has 0 saturated heterocycles. The molecule has 0 heterocycles. The Kier molecular flexibility index (Phi) is 13.5. The molecule has 0 aromatic rings. The van der Waals surface area contributed by atoms with E-state index in [9.17, 15) is 4.79 Å². The van der Waals surface area contributed by atoms with E-state index in [0.717, 1.165) is 31.6 Å². The van der Waals surface area contributed by atoms with E-state index in [-0.39, 0.29) is 5.97 Å². The van der Waals surface area contributed by atoms with E-state index in [2.05, 4.69) is 20.8 Å². The van der Waals surface area contributed by atoms with E-state index in [4.69, 9.17) is 4.74 Å². The van der Waals surface area contributed by atoms with Crippen molar-refractivity contribution in [2.45, 2.75) is 91.4 Å². The first-order chi connectivity index (χ1) is 9.16. The lowest BCUT2D eigenvalue weighted by Gasteiger charge is -2.05. The molecule has 19 heavy (non-hydrogen) atoms. The maximum atomic E-state index is 11.3. The Labute approximate surface area is 120 Å². The summed E-state index contributed by atoms with van der Waals surface area (Å²) in [5.74, 6) is 0.831. The van der Waals surface area contributed by atoms with Gasteiger partial charge < -0.3 is 4.74 Å². The van der Waals surface area contributed by atoms with Crippen LogP contribution in [0.3, 0.4) is 0 Å². The Morgan fingerprint density at radius 2 is 1.53 bits per heavy atom. The van der Waals surface area contributed by atoms with Gasteiger partial charge in [-0.2, -0.15) is 0 Å². The van der Waals surface area contributed by atoms with Crippen molar-refractivity contribution in [3.8, 4) is 0 Å². The Hall–Kier alpha value is -0.530. The maximum Gasteiger partial charge on any atom is 0.305 e. The average molecular weight is 270 g/mol. The van der Waals surface area contributed by atoms with Crippen molar-refractivity contribution in [1.82, 2.24) is 0 Å². The zero-order valence-corrected chi connectivity index (χ0v) is 13.4. The minimum absolute atomic E-state index is 0.00890. The van der Waals surface area contributed by atoms with Crippen molar-refractivity contribution in [3.05, 3.63) is 0 Å². The molecule has 0 bridgehead atoms. The van der Waals surface area contributed by atoms with Crippen LogP contribution in [0.25, 0.3) is 0 Å². The minimum atomic E-state index is -0.00890. The van der Waals surface area contributed by atoms with Crippen LogP contribution in [-0.2, 0) is 9.53 Å². The average Bonchev–Trinajstić information content (AvgIpc) is 2.36. The Morgan fingerprint density at radius 1 is 0.895 bits per heavy atom. The summed E-state index contributed by atoms with van der Waals surface area (Å²) in [6.07, 6.45) is 12.8. The molecule has 0 amide bonds. The molecule has 0 radical (unpaired) electrons. The number of ether oxygens (including phenoxy) is 1. The van der Waals surface area contributed by atoms with Crippen LogP contribution in [0.5, 0.6) is 0 Å². The molecule has 114 valence electrons. The molecule has 0 N–H and O–H groups in total. The van der Waals surface area contributed by atoms with Gasteiger partial charge in [-0.05, 0) is 18.8 Å². The van der Waals surface area contributed by atoms with Crippen LogP contribution in [0.15, 0.2) is 0 Å². The second-order valence-corrected chi connectivity index (χ2v) is 5.98. The fourth-order valence-electron chi connectivity index (χ4n) is 2.14. The Bertz CT molecular complexity index is 199. The summed E-state index contributed by atoms with van der Waals surface area (Å²) in [5.41, 5.74) is 0. The maximum absolute atomic E-state index is 11.3. The molecule has 0 saturated carbocycles. The summed E-state index contributed by atoms with van der Waals surface area (Å²) in [5, 5.41) is 0. The fraction of sp³-hybridized carbons (Fsp3) is 0.941. The zero-order chi connectivity index (χ0) is 14.3. The molecular weight excluding hydrogens is 236 g/mol. The molecule has 2 nitrogen and oxygen atoms in total. The largest absolute Gasteiger partial charge is 0.466 e. The number of carbonyl (C=O) groups is 1. The molecule has 0 unspecified atom stereocenters. The van der Waals surface area contributed by atoms with Crippen molar-refractivity contribution in [2.24, 2.45) is 5.92 Å². The number of unbranched alkanes of at least 4 members (excludes halogenated alkanes) is 7. The molecule has 0 aliphatic heterocycles. The van der Waals surface area contributed by atoms with Crippen LogP contribution >= 0.6 is 0 Å². The van der Waals surface area contributed by atoms with Gasteiger partial charge in [-0.25, -0.2) is 0 Å². The quantitative estimate of drug-likeness (QED) is 0.326. The smallest absolute Gasteiger partial charge is 0.305 e. The van der Waals surface area contributed by atoms with Crippen LogP contribution in [0, 0.1) is 5.92 Å². The van der Waals surface area contributed by atoms with Gasteiger partial charge in [0, 0.05) is 6.42 Å². The lowest BCUT2D eigenvalue weighted by molar-refractivity contribution is -0.143. The van der Waals surface area contributed by atoms with Crippen molar-refractivity contribution >= 4 is 5.97 Å². The predicted octanol–water partition coefficient (Wildman–Crippen LogP) is 5.50. The van der Waals surface area contributed by atoms with Gasteiger partial charge in [0.2, 0.25) is 0 Å². The number of hydrogen-bond donors (Lipinski definition) is 0. The number of rotatable bonds is 13. The normalized spacial score (nSPS) is 10.9. The fourth-order valence-corrected chi connectivity index (χ4v) is 2.14. The Balaban J connectivity index is 3.11. The standard InChI is InChI=1S/C17H34O2/c1-4-5-10-14-17(18)19-15-12-9-7-6-8-11-13-16(2)3/h16H,4-15H2,1-3H3. The third kappa shape index (κ3) is 15.4. The van der Waals surface area contributed by atoms with Crippen molar-refractivity contribution < 1.29 is 9.53 Å². The van der Waals surface area contributed by atoms with E-state index >= 15 is 0 Å². The molecule has 0 aromatic heterocycles. The van der Waals surface area contributed by atoms with Gasteiger partial charge in [-0.3, -0.25) is 4.79 Å². The third-order valence-corrected chi connectivity index (χ3v) is 3.42. The Morgan fingerprint density at radius 3 is 2.16 bits per heavy atom. The lowest BCUT2D eigenvalue weighted by Crippen LogP contribution is -2.05. The van der Waals surface area contributed by atoms with Crippen LogP contribution in [-0.4, -0.2) is 12.6 Å². The molecule has 0 spiro atoms. The highest BCUT2D eigenvalue weighted by Crippen LogP contribution is 2.11. The molecule has 0 aliphatic carbocycles. The highest BCUT2D eigenvalue weighted by molar-refractivity contribution is 5.69. The van der Waals surface area contributed by atoms with Crippen LogP contribution in [0.2, 0.25) is 0 Å². The number of carbonyl (C=O) groups excluding carboxylic acids is 1. The minimum Gasteiger partial charge on any atom is -0.466 e. The summed E-state index contributed by atoms with van der Waals surface area (Å²) >= 11 is 0. The van der Waals surface area contributed by atoms with Crippen LogP contribution < -0.4 is 0 Å². The van der Waals surface area contributed by atoms with Crippen molar-refractivity contribution in [1.29, 1.82) is 0 Å². The summed E-state index contributed by atoms with van der Waals surface area (Å²) < 4.78 is 5.21. The first-order valence-electron chi connectivity index (χ1n) is 8.32. The molecule has 2 heteroatoms. The van der Waals surface area contributed by atoms with Crippen molar-refractivity contribution in [2.75, 3.05) is 6.61 Å². The first kappa shape index (κ1) is 18.5. The number of hydrogen-bond acceptors (Lipinski definition) is 2. The SMILES string of the molecule is CCCCCC(=O)OCCCCCCCCC(C)C. The third-order valence-electron chi connectivity index (χ3n) is 3.42. The molecule has 0 atom stereocenters. The van der Waals surface area contributed by atoms with E-state index in [1.807, 2.05) is 0 Å². The molecule has 0 fully saturated rings. The lowest BCUT2D eigenvalue weighted by atomic mass is 10.0. The van der Waals surface area contributed by atoms with Crippen LogP contribution in [0.4, 0.5) is 0 Å². The summed E-state index contributed by atoms with van der Waals surface area (Å²) in [6.45, 7) is 7.34. The summed E-state index contributed by atoms with van der Waals surface area (Å²) in [7, 11) is 0. The second-order valence-electron chi connectivity index (χ2n) is 5.98. The predicted molar refractivity (Wildman–Crippen MR) is 82.3 cm³/mol. The van der Waals surface area contributed by atoms with E-state index in [0.29, 0.717) is 13.0 Å². The van der Waals surface area contributed by atoms with E-state index < -0.39 is 0 Å². The van der Waals surface area contributed by atoms with Crippen molar-refractivity contribution in [3.63, 3.8) is 0 Å². The zero-order valence-electron chi connectivity index (χ0n) is 13.4. The van der Waals surface area contributed by atoms with E-state index in [1.54, 1.807) is 0 Å².